The molecule has 5 heterocycles. The lowest BCUT2D eigenvalue weighted by molar-refractivity contribution is -0.137. The van der Waals surface area contributed by atoms with Crippen LogP contribution in [0.1, 0.15) is 108 Å². The zero-order valence-corrected chi connectivity index (χ0v) is 27.2. The number of aromatic amines is 2. The summed E-state index contributed by atoms with van der Waals surface area (Å²) in [5.41, 5.74) is 15.0. The Bertz CT molecular complexity index is 2080. The van der Waals surface area contributed by atoms with Crippen LogP contribution >= 0.6 is 0 Å². The van der Waals surface area contributed by atoms with Gasteiger partial charge < -0.3 is 36.1 Å². The molecule has 8 bridgehead atoms. The Morgan fingerprint density at radius 3 is 1.96 bits per heavy atom. The largest absolute Gasteiger partial charge is 0.481 e. The number of aliphatic hydroxyl groups is 2. The van der Waals surface area contributed by atoms with Gasteiger partial charge in [0.1, 0.15) is 0 Å². The molecular formula is C35H39N5O7. The predicted molar refractivity (Wildman–Crippen MR) is 179 cm³/mol. The number of nitrogens with one attached hydrogen (secondary N) is 2. The lowest BCUT2D eigenvalue weighted by Gasteiger charge is -2.09. The molecule has 2 unspecified atom stereocenters. The first-order chi connectivity index (χ1) is 22.1. The molecule has 2 aliphatic heterocycles. The van der Waals surface area contributed by atoms with Gasteiger partial charge in [-0.25, -0.2) is 9.97 Å². The molecule has 12 nitrogen and oxygen atoms in total. The van der Waals surface area contributed by atoms with Crippen LogP contribution in [0.3, 0.4) is 0 Å². The minimum Gasteiger partial charge on any atom is -0.481 e. The molecular weight excluding hydrogens is 602 g/mol. The number of carbonyl (C=O) groups excluding carboxylic acids is 1. The maximum atomic E-state index is 13.2. The molecule has 0 saturated heterocycles. The molecule has 0 spiro atoms. The molecule has 0 fully saturated rings. The molecule has 8 N–H and O–H groups in total. The topological polar surface area (TPSA) is 216 Å². The summed E-state index contributed by atoms with van der Waals surface area (Å²) in [4.78, 5) is 52.8. The quantitative estimate of drug-likeness (QED) is 0.163. The number of nitrogens with two attached hydrogens (primary N) is 1. The number of fused-ring (bicyclic) bond motifs is 8. The molecule has 3 aromatic heterocycles. The number of aliphatic hydroxyl groups excluding tert-OH is 2. The molecule has 12 heteroatoms. The molecule has 0 radical (unpaired) electrons. The van der Waals surface area contributed by atoms with Gasteiger partial charge >= 0.3 is 11.9 Å². The smallest absolute Gasteiger partial charge is 0.303 e. The molecule has 2 atom stereocenters. The van der Waals surface area contributed by atoms with Crippen molar-refractivity contribution in [3.63, 3.8) is 0 Å². The second-order valence-electron chi connectivity index (χ2n) is 12.2. The summed E-state index contributed by atoms with van der Waals surface area (Å²) in [5, 5.41) is 40.8. The highest BCUT2D eigenvalue weighted by Crippen LogP contribution is 2.39. The van der Waals surface area contributed by atoms with Gasteiger partial charge in [0.15, 0.2) is 0 Å². The van der Waals surface area contributed by atoms with Gasteiger partial charge in [-0.05, 0) is 106 Å². The Kier molecular flexibility index (Phi) is 8.94. The molecule has 1 amide bonds. The van der Waals surface area contributed by atoms with Crippen molar-refractivity contribution in [2.75, 3.05) is 0 Å². The molecule has 3 aromatic rings. The van der Waals surface area contributed by atoms with E-state index in [1.807, 2.05) is 19.9 Å². The van der Waals surface area contributed by atoms with Gasteiger partial charge in [0, 0.05) is 40.5 Å². The summed E-state index contributed by atoms with van der Waals surface area (Å²) < 4.78 is 0. The highest BCUT2D eigenvalue weighted by atomic mass is 16.4. The Labute approximate surface area is 270 Å². The SMILES string of the molecule is CC1=C(CCC(=O)O)c2cc3[nH]c(cc4nc(c(C(N)=O)c5[nH]c(cc1n2)c(C)c5C(C)O)C(C)=C4C(C)O)c(C)c3CCC(=O)O. The maximum Gasteiger partial charge on any atom is 0.303 e. The van der Waals surface area contributed by atoms with Crippen LogP contribution < -0.4 is 5.73 Å². The van der Waals surface area contributed by atoms with Gasteiger partial charge in [-0.2, -0.15) is 0 Å². The van der Waals surface area contributed by atoms with E-state index >= 15 is 0 Å². The van der Waals surface area contributed by atoms with Gasteiger partial charge in [-0.1, -0.05) is 0 Å². The van der Waals surface area contributed by atoms with E-state index in [0.717, 1.165) is 22.3 Å². The normalized spacial score (nSPS) is 14.5. The van der Waals surface area contributed by atoms with Crippen molar-refractivity contribution in [1.29, 1.82) is 0 Å². The minimum atomic E-state index is -0.995. The zero-order valence-electron chi connectivity index (χ0n) is 27.2. The number of primary amides is 1. The van der Waals surface area contributed by atoms with Crippen LogP contribution in [0.25, 0.3) is 44.4 Å². The Balaban J connectivity index is 2.04. The van der Waals surface area contributed by atoms with Crippen molar-refractivity contribution in [3.05, 3.63) is 68.8 Å². The number of allylic oxidation sites excluding steroid dienone is 3. The average molecular weight is 642 g/mol. The molecule has 47 heavy (non-hydrogen) atoms. The standard InChI is InChI=1S/C35H39N5O7/c1-14-20(7-9-28(43)44)25-13-26-21(8-10-29(45)46)15(2)23(38-26)12-27-30(18(5)41)17(4)33(40-27)32(35(36)47)34-31(19(6)42)16(3)24(39-34)11-22(14)37-25/h11-13,18-19,38-39,41-42H,7-10H2,1-6H3,(H2,36,47)(H,43,44)(H,45,46). The van der Waals surface area contributed by atoms with Crippen molar-refractivity contribution < 1.29 is 34.8 Å². The van der Waals surface area contributed by atoms with E-state index in [-0.39, 0.29) is 36.9 Å². The number of H-pyrrole nitrogens is 2. The first-order valence-corrected chi connectivity index (χ1v) is 15.4. The van der Waals surface area contributed by atoms with E-state index in [9.17, 15) is 34.8 Å². The van der Waals surface area contributed by atoms with Gasteiger partial charge in [0.2, 0.25) is 0 Å². The van der Waals surface area contributed by atoms with Crippen LogP contribution in [0.4, 0.5) is 0 Å². The summed E-state index contributed by atoms with van der Waals surface area (Å²) in [6, 6.07) is 5.34. The fourth-order valence-electron chi connectivity index (χ4n) is 6.66. The van der Waals surface area contributed by atoms with E-state index < -0.39 is 30.1 Å². The molecule has 2 aliphatic rings. The summed E-state index contributed by atoms with van der Waals surface area (Å²) >= 11 is 0. The number of carboxylic acid groups (broad SMARTS) is 2. The number of aliphatic carboxylic acids is 2. The third-order valence-electron chi connectivity index (χ3n) is 9.03. The number of carboxylic acids is 2. The Morgan fingerprint density at radius 1 is 0.766 bits per heavy atom. The Hall–Kier alpha value is -5.07. The molecule has 0 saturated carbocycles. The first kappa shape index (κ1) is 33.3. The predicted octanol–water partition coefficient (Wildman–Crippen LogP) is 5.21. The fraction of sp³-hybridized carbons (Fsp3) is 0.343. The molecule has 0 aromatic carbocycles. The van der Waals surface area contributed by atoms with Crippen molar-refractivity contribution in [3.8, 4) is 0 Å². The van der Waals surface area contributed by atoms with E-state index in [1.54, 1.807) is 39.8 Å². The van der Waals surface area contributed by atoms with Crippen molar-refractivity contribution in [1.82, 2.24) is 19.9 Å². The number of hydrogen-bond acceptors (Lipinski definition) is 7. The number of nitrogens with zero attached hydrogens (tertiary/aromatic N) is 2. The first-order valence-electron chi connectivity index (χ1n) is 15.4. The van der Waals surface area contributed by atoms with Crippen LogP contribution in [0.5, 0.6) is 0 Å². The van der Waals surface area contributed by atoms with Crippen molar-refractivity contribution >= 4 is 62.2 Å². The van der Waals surface area contributed by atoms with Crippen LogP contribution in [0, 0.1) is 13.8 Å². The molecule has 0 aliphatic carbocycles. The Morgan fingerprint density at radius 2 is 1.36 bits per heavy atom. The highest BCUT2D eigenvalue weighted by Gasteiger charge is 2.28. The van der Waals surface area contributed by atoms with Crippen LogP contribution in [-0.4, -0.2) is 64.3 Å². The van der Waals surface area contributed by atoms with Crippen LogP contribution in [-0.2, 0) is 16.0 Å². The van der Waals surface area contributed by atoms with Gasteiger partial charge in [0.25, 0.3) is 5.91 Å². The highest BCUT2D eigenvalue weighted by molar-refractivity contribution is 6.08. The van der Waals surface area contributed by atoms with Gasteiger partial charge in [-0.15, -0.1) is 0 Å². The van der Waals surface area contributed by atoms with E-state index in [1.165, 1.54) is 0 Å². The summed E-state index contributed by atoms with van der Waals surface area (Å²) in [6.45, 7) is 10.5. The monoisotopic (exact) mass is 641 g/mol. The van der Waals surface area contributed by atoms with Crippen molar-refractivity contribution in [2.45, 2.75) is 79.4 Å². The zero-order chi connectivity index (χ0) is 34.5. The van der Waals surface area contributed by atoms with Gasteiger partial charge in [0.05, 0.1) is 46.1 Å². The van der Waals surface area contributed by atoms with E-state index in [2.05, 4.69) is 9.97 Å². The number of carbonyl (C=O) groups is 3. The second-order valence-corrected chi connectivity index (χ2v) is 12.2. The second kappa shape index (κ2) is 12.6. The average Bonchev–Trinajstić information content (AvgIpc) is 3.64. The number of hydrogen-bond donors (Lipinski definition) is 7. The number of aromatic nitrogens is 4. The van der Waals surface area contributed by atoms with Gasteiger partial charge in [-0.3, -0.25) is 14.4 Å². The van der Waals surface area contributed by atoms with E-state index in [4.69, 9.17) is 15.7 Å². The molecule has 5 rings (SSSR count). The lowest BCUT2D eigenvalue weighted by atomic mass is 9.97. The van der Waals surface area contributed by atoms with E-state index in [0.29, 0.717) is 61.4 Å². The summed E-state index contributed by atoms with van der Waals surface area (Å²) in [6.07, 6.45) is -1.78. The number of rotatable bonds is 9. The third kappa shape index (κ3) is 6.09. The maximum absolute atomic E-state index is 13.2. The third-order valence-corrected chi connectivity index (χ3v) is 9.03. The minimum absolute atomic E-state index is 0.0456. The number of aryl methyl sites for hydroxylation is 3. The number of amides is 1. The van der Waals surface area contributed by atoms with Crippen LogP contribution in [0.15, 0.2) is 18.2 Å². The molecule has 246 valence electrons. The van der Waals surface area contributed by atoms with Crippen LogP contribution in [0.2, 0.25) is 0 Å². The summed E-state index contributed by atoms with van der Waals surface area (Å²) in [7, 11) is 0. The summed E-state index contributed by atoms with van der Waals surface area (Å²) in [5.74, 6) is -2.70. The lowest BCUT2D eigenvalue weighted by Crippen LogP contribution is -2.14. The fourth-order valence-corrected chi connectivity index (χ4v) is 6.66. The van der Waals surface area contributed by atoms with Crippen molar-refractivity contribution in [2.24, 2.45) is 5.73 Å².